The summed E-state index contributed by atoms with van der Waals surface area (Å²) in [5, 5.41) is 0. The van der Waals surface area contributed by atoms with E-state index in [1.165, 1.54) is 122 Å². The first-order valence-corrected chi connectivity index (χ1v) is 15.6. The smallest absolute Gasteiger partial charge is 0.434 e. The molecule has 0 aliphatic heterocycles. The molecule has 0 aromatic heterocycles. The van der Waals surface area contributed by atoms with E-state index in [0.717, 1.165) is 31.6 Å². The average Bonchev–Trinajstić information content (AvgIpc) is 2.84. The third-order valence-corrected chi connectivity index (χ3v) is 6.77. The van der Waals surface area contributed by atoms with Gasteiger partial charge in [0.2, 0.25) is 0 Å². The molecule has 0 fully saturated rings. The van der Waals surface area contributed by atoms with Crippen LogP contribution in [-0.4, -0.2) is 19.4 Å². The highest BCUT2D eigenvalue weighted by atomic mass is 16.7. The van der Waals surface area contributed by atoms with E-state index < -0.39 is 6.16 Å². The predicted molar refractivity (Wildman–Crippen MR) is 153 cm³/mol. The number of hydrogen-bond donors (Lipinski definition) is 0. The Hall–Kier alpha value is -0.990. The zero-order chi connectivity index (χ0) is 25.7. The van der Waals surface area contributed by atoms with Crippen molar-refractivity contribution in [3.8, 4) is 0 Å². The second kappa shape index (κ2) is 29.2. The average molecular weight is 495 g/mol. The molecule has 0 aliphatic rings. The van der Waals surface area contributed by atoms with Gasteiger partial charge in [-0.25, -0.2) is 4.79 Å². The molecule has 35 heavy (non-hydrogen) atoms. The Balaban J connectivity index is 3.20. The van der Waals surface area contributed by atoms with Crippen molar-refractivity contribution >= 4 is 6.16 Å². The molecule has 3 nitrogen and oxygen atoms in total. The first-order chi connectivity index (χ1) is 17.2. The molecular formula is C32H62O3. The van der Waals surface area contributed by atoms with Crippen LogP contribution in [0.1, 0.15) is 168 Å². The van der Waals surface area contributed by atoms with Gasteiger partial charge in [0.05, 0.1) is 13.2 Å². The van der Waals surface area contributed by atoms with Crippen molar-refractivity contribution in [3.05, 3.63) is 12.2 Å². The van der Waals surface area contributed by atoms with Crippen molar-refractivity contribution in [3.63, 3.8) is 0 Å². The lowest BCUT2D eigenvalue weighted by atomic mass is 10.0. The normalized spacial score (nSPS) is 11.5. The van der Waals surface area contributed by atoms with E-state index >= 15 is 0 Å². The molecule has 0 spiro atoms. The second-order valence-electron chi connectivity index (χ2n) is 10.9. The predicted octanol–water partition coefficient (Wildman–Crippen LogP) is 11.3. The number of carbonyl (C=O) groups excluding carboxylic acids is 1. The van der Waals surface area contributed by atoms with E-state index in [1.807, 2.05) is 0 Å². The Kier molecular flexibility index (Phi) is 28.4. The fraction of sp³-hybridized carbons (Fsp3) is 0.906. The summed E-state index contributed by atoms with van der Waals surface area (Å²) in [7, 11) is 0. The SMILES string of the molecule is CCCCCCCCC=CCCCCCCCCOC(=O)OCCCCCCCCCCC(C)C. The lowest BCUT2D eigenvalue weighted by Gasteiger charge is -2.07. The highest BCUT2D eigenvalue weighted by Gasteiger charge is 2.03. The summed E-state index contributed by atoms with van der Waals surface area (Å²) < 4.78 is 10.4. The van der Waals surface area contributed by atoms with Crippen molar-refractivity contribution in [2.24, 2.45) is 5.92 Å². The van der Waals surface area contributed by atoms with Crippen LogP contribution in [0.5, 0.6) is 0 Å². The number of rotatable bonds is 27. The van der Waals surface area contributed by atoms with Gasteiger partial charge in [-0.1, -0.05) is 142 Å². The van der Waals surface area contributed by atoms with E-state index in [1.54, 1.807) is 0 Å². The first-order valence-electron chi connectivity index (χ1n) is 15.6. The summed E-state index contributed by atoms with van der Waals surface area (Å²) in [4.78, 5) is 11.6. The maximum absolute atomic E-state index is 11.6. The molecule has 0 aromatic carbocycles. The van der Waals surface area contributed by atoms with E-state index in [4.69, 9.17) is 9.47 Å². The van der Waals surface area contributed by atoms with Crippen molar-refractivity contribution in [1.82, 2.24) is 0 Å². The fourth-order valence-corrected chi connectivity index (χ4v) is 4.42. The number of carbonyl (C=O) groups is 1. The van der Waals surface area contributed by atoms with Crippen LogP contribution < -0.4 is 0 Å². The Morgan fingerprint density at radius 3 is 1.34 bits per heavy atom. The van der Waals surface area contributed by atoms with Crippen LogP contribution in [0.15, 0.2) is 12.2 Å². The highest BCUT2D eigenvalue weighted by molar-refractivity contribution is 5.59. The zero-order valence-corrected chi connectivity index (χ0v) is 24.1. The van der Waals surface area contributed by atoms with Crippen LogP contribution in [0.3, 0.4) is 0 Å². The van der Waals surface area contributed by atoms with Gasteiger partial charge in [0.15, 0.2) is 0 Å². The molecule has 0 unspecified atom stereocenters. The summed E-state index contributed by atoms with van der Waals surface area (Å²) in [6.07, 6.45) is 33.8. The van der Waals surface area contributed by atoms with Crippen LogP contribution in [0.2, 0.25) is 0 Å². The van der Waals surface area contributed by atoms with Gasteiger partial charge in [-0.15, -0.1) is 0 Å². The Morgan fingerprint density at radius 1 is 0.543 bits per heavy atom. The maximum atomic E-state index is 11.6. The molecular weight excluding hydrogens is 432 g/mol. The standard InChI is InChI=1S/C32H62O3/c1-4-5-6-7-8-9-10-11-12-13-14-15-17-20-23-26-29-34-32(33)35-30-27-24-21-18-16-19-22-25-28-31(2)3/h11-12,31H,4-10,13-30H2,1-3H3. The Bertz CT molecular complexity index is 444. The van der Waals surface area contributed by atoms with E-state index in [-0.39, 0.29) is 0 Å². The number of ether oxygens (including phenoxy) is 2. The van der Waals surface area contributed by atoms with Gasteiger partial charge in [-0.2, -0.15) is 0 Å². The lowest BCUT2D eigenvalue weighted by Crippen LogP contribution is -2.09. The highest BCUT2D eigenvalue weighted by Crippen LogP contribution is 2.13. The summed E-state index contributed by atoms with van der Waals surface area (Å²) in [6, 6.07) is 0. The number of unbranched alkanes of at least 4 members (excludes halogenated alkanes) is 19. The van der Waals surface area contributed by atoms with Crippen LogP contribution in [0.4, 0.5) is 4.79 Å². The Morgan fingerprint density at radius 2 is 0.914 bits per heavy atom. The second-order valence-corrected chi connectivity index (χ2v) is 10.9. The number of hydrogen-bond acceptors (Lipinski definition) is 3. The van der Waals surface area contributed by atoms with Gasteiger partial charge in [-0.05, 0) is 44.4 Å². The minimum Gasteiger partial charge on any atom is -0.434 e. The Labute approximate surface area is 220 Å². The molecule has 0 rings (SSSR count). The van der Waals surface area contributed by atoms with Crippen molar-refractivity contribution in [1.29, 1.82) is 0 Å². The molecule has 0 atom stereocenters. The van der Waals surface area contributed by atoms with Crippen LogP contribution in [0.25, 0.3) is 0 Å². The zero-order valence-electron chi connectivity index (χ0n) is 24.1. The molecule has 0 aliphatic carbocycles. The van der Waals surface area contributed by atoms with E-state index in [9.17, 15) is 4.79 Å². The largest absolute Gasteiger partial charge is 0.508 e. The van der Waals surface area contributed by atoms with Gasteiger partial charge in [0.25, 0.3) is 0 Å². The number of allylic oxidation sites excluding steroid dienone is 2. The van der Waals surface area contributed by atoms with Crippen molar-refractivity contribution < 1.29 is 14.3 Å². The third-order valence-electron chi connectivity index (χ3n) is 6.77. The van der Waals surface area contributed by atoms with Crippen LogP contribution in [-0.2, 0) is 9.47 Å². The minimum atomic E-state index is -0.483. The lowest BCUT2D eigenvalue weighted by molar-refractivity contribution is 0.0529. The minimum absolute atomic E-state index is 0.483. The molecule has 0 heterocycles. The summed E-state index contributed by atoms with van der Waals surface area (Å²) in [5.74, 6) is 0.841. The van der Waals surface area contributed by atoms with Gasteiger partial charge in [0, 0.05) is 0 Å². The summed E-state index contributed by atoms with van der Waals surface area (Å²) >= 11 is 0. The summed E-state index contributed by atoms with van der Waals surface area (Å²) in [5.41, 5.74) is 0. The van der Waals surface area contributed by atoms with Crippen molar-refractivity contribution in [2.75, 3.05) is 13.2 Å². The van der Waals surface area contributed by atoms with Gasteiger partial charge >= 0.3 is 6.16 Å². The molecule has 0 bridgehead atoms. The monoisotopic (exact) mass is 494 g/mol. The molecule has 0 N–H and O–H groups in total. The molecule has 0 saturated carbocycles. The van der Waals surface area contributed by atoms with Crippen molar-refractivity contribution in [2.45, 2.75) is 168 Å². The molecule has 0 radical (unpaired) electrons. The molecule has 3 heteroatoms. The molecule has 0 amide bonds. The molecule has 0 aromatic rings. The van der Waals surface area contributed by atoms with Gasteiger partial charge in [-0.3, -0.25) is 0 Å². The van der Waals surface area contributed by atoms with Gasteiger partial charge in [0.1, 0.15) is 0 Å². The first kappa shape index (κ1) is 34.0. The topological polar surface area (TPSA) is 35.5 Å². The molecule has 0 saturated heterocycles. The third kappa shape index (κ3) is 31.0. The van der Waals surface area contributed by atoms with E-state index in [2.05, 4.69) is 32.9 Å². The maximum Gasteiger partial charge on any atom is 0.508 e. The van der Waals surface area contributed by atoms with Gasteiger partial charge < -0.3 is 9.47 Å². The summed E-state index contributed by atoms with van der Waals surface area (Å²) in [6.45, 7) is 7.88. The quantitative estimate of drug-likeness (QED) is 0.0647. The fourth-order valence-electron chi connectivity index (χ4n) is 4.42. The van der Waals surface area contributed by atoms with Crippen LogP contribution >= 0.6 is 0 Å². The van der Waals surface area contributed by atoms with Crippen LogP contribution in [0, 0.1) is 5.92 Å². The molecule has 208 valence electrons. The van der Waals surface area contributed by atoms with E-state index in [0.29, 0.717) is 13.2 Å².